The van der Waals surface area contributed by atoms with Gasteiger partial charge in [0.1, 0.15) is 5.75 Å². The summed E-state index contributed by atoms with van der Waals surface area (Å²) >= 11 is 0. The summed E-state index contributed by atoms with van der Waals surface area (Å²) in [7, 11) is -2.24. The molecule has 1 aromatic rings. The van der Waals surface area contributed by atoms with Gasteiger partial charge in [-0.25, -0.2) is 8.42 Å². The Kier molecular flexibility index (Phi) is 5.79. The molecule has 1 aliphatic rings. The van der Waals surface area contributed by atoms with Crippen LogP contribution in [0.1, 0.15) is 12.8 Å². The van der Waals surface area contributed by atoms with Gasteiger partial charge in [-0.2, -0.15) is 4.31 Å². The predicted molar refractivity (Wildman–Crippen MR) is 87.8 cm³/mol. The predicted octanol–water partition coefficient (Wildman–Crippen LogP) is 1.49. The van der Waals surface area contributed by atoms with E-state index >= 15 is 0 Å². The fraction of sp³-hybridized carbons (Fsp3) is 0.438. The second kappa shape index (κ2) is 7.61. The fourth-order valence-corrected chi connectivity index (χ4v) is 3.87. The first kappa shape index (κ1) is 17.5. The van der Waals surface area contributed by atoms with Gasteiger partial charge >= 0.3 is 0 Å². The molecule has 1 saturated heterocycles. The Balaban J connectivity index is 2.19. The van der Waals surface area contributed by atoms with Crippen LogP contribution in [-0.2, 0) is 14.8 Å². The largest absolute Gasteiger partial charge is 0.497 e. The van der Waals surface area contributed by atoms with E-state index in [0.717, 1.165) is 17.1 Å². The van der Waals surface area contributed by atoms with Crippen LogP contribution in [0.25, 0.3) is 0 Å². The Bertz CT molecular complexity index is 649. The molecular formula is C16H22N2O4S. The number of amides is 1. The van der Waals surface area contributed by atoms with Crippen LogP contribution < -0.4 is 4.74 Å². The smallest absolute Gasteiger partial charge is 0.243 e. The van der Waals surface area contributed by atoms with Crippen molar-refractivity contribution in [3.8, 4) is 5.75 Å². The van der Waals surface area contributed by atoms with Gasteiger partial charge in [0.05, 0.1) is 18.6 Å². The minimum atomic E-state index is -3.75. The topological polar surface area (TPSA) is 66.9 Å². The lowest BCUT2D eigenvalue weighted by atomic mass is 10.3. The van der Waals surface area contributed by atoms with E-state index in [4.69, 9.17) is 4.74 Å². The van der Waals surface area contributed by atoms with Gasteiger partial charge < -0.3 is 9.64 Å². The van der Waals surface area contributed by atoms with Crippen molar-refractivity contribution in [1.29, 1.82) is 0 Å². The second-order valence-corrected chi connectivity index (χ2v) is 7.29. The molecule has 126 valence electrons. The maximum atomic E-state index is 12.7. The van der Waals surface area contributed by atoms with Crippen molar-refractivity contribution in [1.82, 2.24) is 9.21 Å². The molecule has 1 heterocycles. The maximum absolute atomic E-state index is 12.7. The Hall–Kier alpha value is -1.86. The van der Waals surface area contributed by atoms with Gasteiger partial charge in [-0.05, 0) is 37.1 Å². The van der Waals surface area contributed by atoms with E-state index in [0.29, 0.717) is 18.8 Å². The number of sulfonamides is 1. The lowest BCUT2D eigenvalue weighted by molar-refractivity contribution is -0.130. The van der Waals surface area contributed by atoms with Crippen molar-refractivity contribution in [2.75, 3.05) is 33.3 Å². The molecule has 0 unspecified atom stereocenters. The standard InChI is InChI=1S/C16H22N2O4S/c1-3-10-18(13-16(19)17-11-4-5-12-17)23(20,21)15-8-6-14(22-2)7-9-15/h3,6-9H,1,4-5,10-13H2,2H3. The number of hydrogen-bond acceptors (Lipinski definition) is 4. The van der Waals surface area contributed by atoms with E-state index < -0.39 is 10.0 Å². The molecule has 1 fully saturated rings. The van der Waals surface area contributed by atoms with Crippen LogP contribution in [-0.4, -0.2) is 56.8 Å². The van der Waals surface area contributed by atoms with Gasteiger partial charge in [0, 0.05) is 19.6 Å². The lowest BCUT2D eigenvalue weighted by Crippen LogP contribution is -2.41. The Morgan fingerprint density at radius 3 is 2.43 bits per heavy atom. The van der Waals surface area contributed by atoms with Gasteiger partial charge in [0.25, 0.3) is 0 Å². The van der Waals surface area contributed by atoms with Crippen molar-refractivity contribution in [3.63, 3.8) is 0 Å². The van der Waals surface area contributed by atoms with Crippen LogP contribution in [0.5, 0.6) is 5.75 Å². The van der Waals surface area contributed by atoms with E-state index in [9.17, 15) is 13.2 Å². The number of ether oxygens (including phenoxy) is 1. The fourth-order valence-electron chi connectivity index (χ4n) is 2.51. The molecule has 0 aliphatic carbocycles. The van der Waals surface area contributed by atoms with E-state index in [-0.39, 0.29) is 23.9 Å². The molecule has 23 heavy (non-hydrogen) atoms. The lowest BCUT2D eigenvalue weighted by Gasteiger charge is -2.23. The van der Waals surface area contributed by atoms with Crippen LogP contribution in [0.2, 0.25) is 0 Å². The normalized spacial score (nSPS) is 15.0. The Morgan fingerprint density at radius 1 is 1.30 bits per heavy atom. The van der Waals surface area contributed by atoms with Crippen LogP contribution in [0.4, 0.5) is 0 Å². The highest BCUT2D eigenvalue weighted by molar-refractivity contribution is 7.89. The summed E-state index contributed by atoms with van der Waals surface area (Å²) in [6.07, 6.45) is 3.43. The SMILES string of the molecule is C=CCN(CC(=O)N1CCCC1)S(=O)(=O)c1ccc(OC)cc1. The zero-order valence-electron chi connectivity index (χ0n) is 13.3. The van der Waals surface area contributed by atoms with Crippen LogP contribution >= 0.6 is 0 Å². The summed E-state index contributed by atoms with van der Waals surface area (Å²) < 4.78 is 31.7. The first-order valence-corrected chi connectivity index (χ1v) is 8.96. The van der Waals surface area contributed by atoms with Crippen LogP contribution in [0.3, 0.4) is 0 Å². The summed E-state index contributed by atoms with van der Waals surface area (Å²) in [6, 6.07) is 6.12. The highest BCUT2D eigenvalue weighted by Gasteiger charge is 2.28. The molecule has 0 radical (unpaired) electrons. The Morgan fingerprint density at radius 2 is 1.91 bits per heavy atom. The van der Waals surface area contributed by atoms with Crippen molar-refractivity contribution in [2.24, 2.45) is 0 Å². The van der Waals surface area contributed by atoms with Crippen molar-refractivity contribution < 1.29 is 17.9 Å². The summed E-state index contributed by atoms with van der Waals surface area (Å²) in [5.74, 6) is 0.411. The van der Waals surface area contributed by atoms with Crippen molar-refractivity contribution in [3.05, 3.63) is 36.9 Å². The monoisotopic (exact) mass is 338 g/mol. The maximum Gasteiger partial charge on any atom is 0.243 e. The van der Waals surface area contributed by atoms with Gasteiger partial charge in [0.2, 0.25) is 15.9 Å². The van der Waals surface area contributed by atoms with Gasteiger partial charge in [-0.3, -0.25) is 4.79 Å². The molecule has 0 bridgehead atoms. The van der Waals surface area contributed by atoms with Gasteiger partial charge in [-0.15, -0.1) is 6.58 Å². The van der Waals surface area contributed by atoms with E-state index in [1.165, 1.54) is 25.3 Å². The third-order valence-corrected chi connectivity index (χ3v) is 5.63. The minimum Gasteiger partial charge on any atom is -0.497 e. The summed E-state index contributed by atoms with van der Waals surface area (Å²) in [5.41, 5.74) is 0. The zero-order chi connectivity index (χ0) is 16.9. The summed E-state index contributed by atoms with van der Waals surface area (Å²) in [4.78, 5) is 14.1. The van der Waals surface area contributed by atoms with Gasteiger partial charge in [0.15, 0.2) is 0 Å². The van der Waals surface area contributed by atoms with Crippen LogP contribution in [0, 0.1) is 0 Å². The number of nitrogens with zero attached hydrogens (tertiary/aromatic N) is 2. The quantitative estimate of drug-likeness (QED) is 0.707. The molecule has 0 saturated carbocycles. The molecule has 0 atom stereocenters. The first-order valence-electron chi connectivity index (χ1n) is 7.52. The number of methoxy groups -OCH3 is 1. The van der Waals surface area contributed by atoms with Crippen molar-refractivity contribution >= 4 is 15.9 Å². The zero-order valence-corrected chi connectivity index (χ0v) is 14.1. The third kappa shape index (κ3) is 4.11. The first-order chi connectivity index (χ1) is 11.0. The van der Waals surface area contributed by atoms with Gasteiger partial charge in [-0.1, -0.05) is 6.08 Å². The second-order valence-electron chi connectivity index (χ2n) is 5.35. The molecule has 0 aromatic heterocycles. The average Bonchev–Trinajstić information content (AvgIpc) is 3.09. The molecule has 0 N–H and O–H groups in total. The van der Waals surface area contributed by atoms with Crippen molar-refractivity contribution in [2.45, 2.75) is 17.7 Å². The number of carbonyl (C=O) groups is 1. The van der Waals surface area contributed by atoms with E-state index in [2.05, 4.69) is 6.58 Å². The number of rotatable bonds is 7. The number of benzene rings is 1. The number of carbonyl (C=O) groups excluding carboxylic acids is 1. The molecule has 6 nitrogen and oxygen atoms in total. The minimum absolute atomic E-state index is 0.0912. The third-order valence-electron chi connectivity index (χ3n) is 3.80. The summed E-state index contributed by atoms with van der Waals surface area (Å²) in [5, 5.41) is 0. The molecule has 2 rings (SSSR count). The molecule has 0 spiro atoms. The van der Waals surface area contributed by atoms with E-state index in [1.807, 2.05) is 0 Å². The Labute approximate surface area is 137 Å². The molecule has 1 aliphatic heterocycles. The van der Waals surface area contributed by atoms with E-state index in [1.54, 1.807) is 17.0 Å². The summed E-state index contributed by atoms with van der Waals surface area (Å²) in [6.45, 7) is 4.91. The molecular weight excluding hydrogens is 316 g/mol. The number of likely N-dealkylation sites (tertiary alicyclic amines) is 1. The molecule has 1 amide bonds. The average molecular weight is 338 g/mol. The molecule has 7 heteroatoms. The van der Waals surface area contributed by atoms with Crippen LogP contribution in [0.15, 0.2) is 41.8 Å². The molecule has 1 aromatic carbocycles. The highest BCUT2D eigenvalue weighted by Crippen LogP contribution is 2.20. The highest BCUT2D eigenvalue weighted by atomic mass is 32.2. The number of hydrogen-bond donors (Lipinski definition) is 0.